The van der Waals surface area contributed by atoms with Gasteiger partial charge in [0.2, 0.25) is 0 Å². The van der Waals surface area contributed by atoms with Crippen LogP contribution in [0.15, 0.2) is 41.5 Å². The Morgan fingerprint density at radius 2 is 1.95 bits per heavy atom. The van der Waals surface area contributed by atoms with Crippen LogP contribution in [-0.4, -0.2) is 16.2 Å². The second-order valence-electron chi connectivity index (χ2n) is 5.08. The van der Waals surface area contributed by atoms with E-state index in [1.165, 1.54) is 0 Å². The Bertz CT molecular complexity index is 628. The van der Waals surface area contributed by atoms with Crippen LogP contribution in [0.3, 0.4) is 0 Å². The molecule has 0 radical (unpaired) electrons. The summed E-state index contributed by atoms with van der Waals surface area (Å²) >= 11 is 0. The van der Waals surface area contributed by atoms with E-state index in [2.05, 4.69) is 0 Å². The highest BCUT2D eigenvalue weighted by Gasteiger charge is 2.14. The van der Waals surface area contributed by atoms with Crippen molar-refractivity contribution in [1.29, 1.82) is 0 Å². The molecule has 1 atom stereocenters. The van der Waals surface area contributed by atoms with Crippen molar-refractivity contribution < 1.29 is 4.74 Å². The average molecular weight is 275 g/mol. The average Bonchev–Trinajstić information content (AvgIpc) is 2.80. The number of imidazole rings is 1. The van der Waals surface area contributed by atoms with Crippen molar-refractivity contribution in [2.24, 2.45) is 5.73 Å². The lowest BCUT2D eigenvalue weighted by atomic mass is 10.1. The molecular weight excluding hydrogens is 254 g/mol. The van der Waals surface area contributed by atoms with Crippen LogP contribution < -0.4 is 16.2 Å². The van der Waals surface area contributed by atoms with Crippen LogP contribution >= 0.6 is 0 Å². The molecule has 1 heterocycles. The predicted molar refractivity (Wildman–Crippen MR) is 79.0 cm³/mol. The quantitative estimate of drug-likeness (QED) is 0.907. The molecule has 2 rings (SSSR count). The standard InChI is InChI=1S/C15H21N3O2/c1-11(2)18-9-8-17(15(18)19)10-13(16)12-6-4-5-7-14(12)20-3/h4-9,11,13H,10,16H2,1-3H3. The zero-order valence-electron chi connectivity index (χ0n) is 12.1. The summed E-state index contributed by atoms with van der Waals surface area (Å²) in [5.41, 5.74) is 7.07. The molecular formula is C15H21N3O2. The van der Waals surface area contributed by atoms with Gasteiger partial charge in [0.05, 0.1) is 13.2 Å². The fourth-order valence-electron chi connectivity index (χ4n) is 2.24. The zero-order valence-corrected chi connectivity index (χ0v) is 12.1. The van der Waals surface area contributed by atoms with Crippen molar-refractivity contribution in [1.82, 2.24) is 9.13 Å². The van der Waals surface area contributed by atoms with E-state index in [0.717, 1.165) is 11.3 Å². The van der Waals surface area contributed by atoms with Gasteiger partial charge in [0, 0.05) is 30.5 Å². The number of nitrogens with zero attached hydrogens (tertiary/aromatic N) is 2. The minimum atomic E-state index is -0.285. The van der Waals surface area contributed by atoms with Crippen LogP contribution in [0, 0.1) is 0 Å². The lowest BCUT2D eigenvalue weighted by Crippen LogP contribution is -2.29. The topological polar surface area (TPSA) is 62.2 Å². The minimum Gasteiger partial charge on any atom is -0.496 e. The van der Waals surface area contributed by atoms with Crippen molar-refractivity contribution >= 4 is 0 Å². The fraction of sp³-hybridized carbons (Fsp3) is 0.400. The van der Waals surface area contributed by atoms with Crippen molar-refractivity contribution in [3.63, 3.8) is 0 Å². The minimum absolute atomic E-state index is 0.0367. The van der Waals surface area contributed by atoms with Gasteiger partial charge in [0.15, 0.2) is 0 Å². The maximum absolute atomic E-state index is 12.2. The molecule has 2 aromatic rings. The molecule has 0 fully saturated rings. The Labute approximate surface area is 118 Å². The Kier molecular flexibility index (Phi) is 4.29. The molecule has 2 N–H and O–H groups in total. The summed E-state index contributed by atoms with van der Waals surface area (Å²) in [6.07, 6.45) is 3.57. The van der Waals surface area contributed by atoms with Gasteiger partial charge in [-0.15, -0.1) is 0 Å². The van der Waals surface area contributed by atoms with Crippen LogP contribution in [0.1, 0.15) is 31.5 Å². The second-order valence-corrected chi connectivity index (χ2v) is 5.08. The molecule has 0 saturated heterocycles. The largest absolute Gasteiger partial charge is 0.496 e. The van der Waals surface area contributed by atoms with E-state index < -0.39 is 0 Å². The van der Waals surface area contributed by atoms with E-state index in [1.54, 1.807) is 28.6 Å². The molecule has 20 heavy (non-hydrogen) atoms. The number of para-hydroxylation sites is 1. The SMILES string of the molecule is COc1ccccc1C(N)Cn1ccn(C(C)C)c1=O. The van der Waals surface area contributed by atoms with Crippen molar-refractivity contribution in [2.45, 2.75) is 32.5 Å². The molecule has 0 bridgehead atoms. The lowest BCUT2D eigenvalue weighted by Gasteiger charge is -2.15. The molecule has 1 unspecified atom stereocenters. The van der Waals surface area contributed by atoms with Gasteiger partial charge in [-0.3, -0.25) is 9.13 Å². The Morgan fingerprint density at radius 3 is 2.55 bits per heavy atom. The fourth-order valence-corrected chi connectivity index (χ4v) is 2.24. The zero-order chi connectivity index (χ0) is 14.7. The Hall–Kier alpha value is -2.01. The van der Waals surface area contributed by atoms with E-state index in [-0.39, 0.29) is 17.8 Å². The third-order valence-electron chi connectivity index (χ3n) is 3.36. The van der Waals surface area contributed by atoms with Crippen LogP contribution in [0.5, 0.6) is 5.75 Å². The highest BCUT2D eigenvalue weighted by atomic mass is 16.5. The number of hydrogen-bond donors (Lipinski definition) is 1. The van der Waals surface area contributed by atoms with Crippen molar-refractivity contribution in [2.75, 3.05) is 7.11 Å². The number of ether oxygens (including phenoxy) is 1. The highest BCUT2D eigenvalue weighted by molar-refractivity contribution is 5.35. The number of aromatic nitrogens is 2. The predicted octanol–water partition coefficient (Wildman–Crippen LogP) is 1.94. The van der Waals surface area contributed by atoms with Gasteiger partial charge in [-0.1, -0.05) is 18.2 Å². The molecule has 5 nitrogen and oxygen atoms in total. The van der Waals surface area contributed by atoms with Crippen LogP contribution in [-0.2, 0) is 6.54 Å². The number of nitrogens with two attached hydrogens (primary N) is 1. The molecule has 1 aromatic heterocycles. The Morgan fingerprint density at radius 1 is 1.25 bits per heavy atom. The molecule has 0 aliphatic rings. The van der Waals surface area contributed by atoms with Gasteiger partial charge in [-0.25, -0.2) is 4.79 Å². The summed E-state index contributed by atoms with van der Waals surface area (Å²) in [7, 11) is 1.62. The summed E-state index contributed by atoms with van der Waals surface area (Å²) in [5.74, 6) is 0.747. The van der Waals surface area contributed by atoms with Crippen molar-refractivity contribution in [3.05, 3.63) is 52.7 Å². The monoisotopic (exact) mass is 275 g/mol. The molecule has 5 heteroatoms. The third-order valence-corrected chi connectivity index (χ3v) is 3.36. The molecule has 0 saturated carbocycles. The van der Waals surface area contributed by atoms with E-state index in [9.17, 15) is 4.79 Å². The molecule has 1 aromatic carbocycles. The molecule has 0 aliphatic heterocycles. The summed E-state index contributed by atoms with van der Waals surface area (Å²) < 4.78 is 8.63. The molecule has 0 amide bonds. The van der Waals surface area contributed by atoms with Crippen LogP contribution in [0.25, 0.3) is 0 Å². The molecule has 0 aliphatic carbocycles. The van der Waals surface area contributed by atoms with Gasteiger partial charge < -0.3 is 10.5 Å². The number of benzene rings is 1. The van der Waals surface area contributed by atoms with E-state index in [0.29, 0.717) is 6.54 Å². The number of rotatable bonds is 5. The maximum Gasteiger partial charge on any atom is 0.328 e. The molecule has 108 valence electrons. The van der Waals surface area contributed by atoms with Gasteiger partial charge >= 0.3 is 5.69 Å². The summed E-state index contributed by atoms with van der Waals surface area (Å²) in [6, 6.07) is 7.47. The summed E-state index contributed by atoms with van der Waals surface area (Å²) in [5, 5.41) is 0. The maximum atomic E-state index is 12.2. The van der Waals surface area contributed by atoms with Gasteiger partial charge in [0.1, 0.15) is 5.75 Å². The van der Waals surface area contributed by atoms with E-state index >= 15 is 0 Å². The smallest absolute Gasteiger partial charge is 0.328 e. The first-order chi connectivity index (χ1) is 9.54. The van der Waals surface area contributed by atoms with Gasteiger partial charge in [0.25, 0.3) is 0 Å². The van der Waals surface area contributed by atoms with Crippen molar-refractivity contribution in [3.8, 4) is 5.75 Å². The van der Waals surface area contributed by atoms with Gasteiger partial charge in [-0.2, -0.15) is 0 Å². The Balaban J connectivity index is 2.24. The second kappa shape index (κ2) is 5.96. The summed E-state index contributed by atoms with van der Waals surface area (Å²) in [6.45, 7) is 4.39. The normalized spacial score (nSPS) is 12.7. The number of hydrogen-bond acceptors (Lipinski definition) is 3. The van der Waals surface area contributed by atoms with Gasteiger partial charge in [-0.05, 0) is 19.9 Å². The molecule has 0 spiro atoms. The lowest BCUT2D eigenvalue weighted by molar-refractivity contribution is 0.401. The summed E-state index contributed by atoms with van der Waals surface area (Å²) in [4.78, 5) is 12.2. The first-order valence-electron chi connectivity index (χ1n) is 6.70. The third kappa shape index (κ3) is 2.77. The van der Waals surface area contributed by atoms with Crippen LogP contribution in [0.4, 0.5) is 0 Å². The first kappa shape index (κ1) is 14.4. The van der Waals surface area contributed by atoms with E-state index in [1.807, 2.05) is 38.1 Å². The van der Waals surface area contributed by atoms with Crippen LogP contribution in [0.2, 0.25) is 0 Å². The highest BCUT2D eigenvalue weighted by Crippen LogP contribution is 2.23. The first-order valence-corrected chi connectivity index (χ1v) is 6.70. The van der Waals surface area contributed by atoms with E-state index in [4.69, 9.17) is 10.5 Å². The number of methoxy groups -OCH3 is 1.